The van der Waals surface area contributed by atoms with E-state index >= 15 is 0 Å². The van der Waals surface area contributed by atoms with Crippen LogP contribution in [0.1, 0.15) is 10.4 Å². The maximum Gasteiger partial charge on any atom is 0.200 e. The van der Waals surface area contributed by atoms with Crippen molar-refractivity contribution in [2.45, 2.75) is 0 Å². The number of carbonyl (C=O) groups is 1. The zero-order chi connectivity index (χ0) is 18.1. The second kappa shape index (κ2) is 7.25. The quantitative estimate of drug-likeness (QED) is 0.504. The molecule has 0 atom stereocenters. The van der Waals surface area contributed by atoms with Crippen molar-refractivity contribution in [3.05, 3.63) is 57.1 Å². The molecule has 1 aromatic heterocycles. The Kier molecular flexibility index (Phi) is 4.82. The van der Waals surface area contributed by atoms with Crippen molar-refractivity contribution in [1.29, 1.82) is 0 Å². The summed E-state index contributed by atoms with van der Waals surface area (Å²) in [5.74, 6) is 1.62. The standard InChI is InChI=1S/C19H13Br2NO4/c20-13-9-14(21)19(18-12(13)2-1-5-22-18)26-10-15(23)11-3-4-16-17(8-11)25-7-6-24-16/h1-5,8-9H,6-7,10H2. The highest BCUT2D eigenvalue weighted by molar-refractivity contribution is 9.11. The molecule has 0 fully saturated rings. The third-order valence-corrected chi connectivity index (χ3v) is 5.21. The Bertz CT molecular complexity index is 1010. The fourth-order valence-corrected chi connectivity index (χ4v) is 4.11. The number of ketones is 1. The molecular weight excluding hydrogens is 466 g/mol. The van der Waals surface area contributed by atoms with Gasteiger partial charge in [-0.05, 0) is 46.3 Å². The number of benzene rings is 2. The number of halogens is 2. The minimum atomic E-state index is -0.152. The van der Waals surface area contributed by atoms with Gasteiger partial charge in [0.1, 0.15) is 18.7 Å². The van der Waals surface area contributed by atoms with E-state index in [9.17, 15) is 4.79 Å². The molecule has 0 spiro atoms. The summed E-state index contributed by atoms with van der Waals surface area (Å²) in [4.78, 5) is 16.9. The van der Waals surface area contributed by atoms with Gasteiger partial charge in [-0.3, -0.25) is 9.78 Å². The summed E-state index contributed by atoms with van der Waals surface area (Å²) < 4.78 is 18.4. The second-order valence-electron chi connectivity index (χ2n) is 5.64. The lowest BCUT2D eigenvalue weighted by Gasteiger charge is -2.18. The van der Waals surface area contributed by atoms with E-state index in [0.717, 1.165) is 14.3 Å². The summed E-state index contributed by atoms with van der Waals surface area (Å²) in [7, 11) is 0. The van der Waals surface area contributed by atoms with Crippen molar-refractivity contribution in [3.8, 4) is 17.2 Å². The van der Waals surface area contributed by atoms with Crippen molar-refractivity contribution in [2.24, 2.45) is 0 Å². The fourth-order valence-electron chi connectivity index (χ4n) is 2.72. The molecule has 1 aliphatic rings. The first-order valence-corrected chi connectivity index (χ1v) is 9.50. The Morgan fingerprint density at radius 3 is 2.73 bits per heavy atom. The lowest BCUT2D eigenvalue weighted by Crippen LogP contribution is -2.17. The van der Waals surface area contributed by atoms with Crippen molar-refractivity contribution < 1.29 is 19.0 Å². The number of carbonyl (C=O) groups excluding carboxylic acids is 1. The van der Waals surface area contributed by atoms with E-state index in [2.05, 4.69) is 36.8 Å². The van der Waals surface area contributed by atoms with Gasteiger partial charge in [-0.1, -0.05) is 22.0 Å². The number of hydrogen-bond donors (Lipinski definition) is 0. The summed E-state index contributed by atoms with van der Waals surface area (Å²) in [6.45, 7) is 0.886. The predicted octanol–water partition coefficient (Wildman–Crippen LogP) is 4.79. The van der Waals surface area contributed by atoms with Crippen molar-refractivity contribution in [3.63, 3.8) is 0 Å². The molecule has 4 rings (SSSR count). The Labute approximate surface area is 166 Å². The number of fused-ring (bicyclic) bond motifs is 2. The molecular formula is C19H13Br2NO4. The summed E-state index contributed by atoms with van der Waals surface area (Å²) in [6, 6.07) is 10.8. The Balaban J connectivity index is 1.58. The van der Waals surface area contributed by atoms with Crippen LogP contribution in [0.5, 0.6) is 17.2 Å². The minimum Gasteiger partial charge on any atom is -0.486 e. The maximum absolute atomic E-state index is 12.6. The SMILES string of the molecule is O=C(COc1c(Br)cc(Br)c2cccnc12)c1ccc2c(c1)OCCO2. The summed E-state index contributed by atoms with van der Waals surface area (Å²) in [6.07, 6.45) is 1.69. The van der Waals surface area contributed by atoms with Gasteiger partial charge in [-0.25, -0.2) is 0 Å². The lowest BCUT2D eigenvalue weighted by atomic mass is 10.1. The van der Waals surface area contributed by atoms with Gasteiger partial charge in [-0.15, -0.1) is 0 Å². The number of rotatable bonds is 4. The van der Waals surface area contributed by atoms with Crippen LogP contribution in [0.25, 0.3) is 10.9 Å². The Hall–Kier alpha value is -2.12. The molecule has 0 saturated heterocycles. The van der Waals surface area contributed by atoms with E-state index in [4.69, 9.17) is 14.2 Å². The second-order valence-corrected chi connectivity index (χ2v) is 7.35. The van der Waals surface area contributed by atoms with Crippen LogP contribution in [-0.2, 0) is 0 Å². The molecule has 26 heavy (non-hydrogen) atoms. The van der Waals surface area contributed by atoms with Gasteiger partial charge in [-0.2, -0.15) is 0 Å². The third kappa shape index (κ3) is 3.29. The Morgan fingerprint density at radius 1 is 1.08 bits per heavy atom. The largest absolute Gasteiger partial charge is 0.486 e. The molecule has 132 valence electrons. The van der Waals surface area contributed by atoms with Gasteiger partial charge < -0.3 is 14.2 Å². The first kappa shape index (κ1) is 17.3. The molecule has 2 heterocycles. The molecule has 2 aromatic carbocycles. The van der Waals surface area contributed by atoms with Gasteiger partial charge in [0.2, 0.25) is 0 Å². The van der Waals surface area contributed by atoms with Crippen LogP contribution in [0.2, 0.25) is 0 Å². The van der Waals surface area contributed by atoms with E-state index < -0.39 is 0 Å². The molecule has 0 N–H and O–H groups in total. The van der Waals surface area contributed by atoms with Crippen molar-refractivity contribution >= 4 is 48.5 Å². The number of pyridine rings is 1. The summed E-state index contributed by atoms with van der Waals surface area (Å²) in [5.41, 5.74) is 1.20. The first-order valence-electron chi connectivity index (χ1n) is 7.92. The van der Waals surface area contributed by atoms with Crippen LogP contribution in [0, 0.1) is 0 Å². The molecule has 7 heteroatoms. The molecule has 0 radical (unpaired) electrons. The highest BCUT2D eigenvalue weighted by Gasteiger charge is 2.17. The molecule has 5 nitrogen and oxygen atoms in total. The normalized spacial score (nSPS) is 12.8. The molecule has 0 unspecified atom stereocenters. The van der Waals surface area contributed by atoms with Crippen LogP contribution in [0.15, 0.2) is 51.5 Å². The van der Waals surface area contributed by atoms with Gasteiger partial charge in [0.25, 0.3) is 0 Å². The number of ether oxygens (including phenoxy) is 3. The number of hydrogen-bond acceptors (Lipinski definition) is 5. The maximum atomic E-state index is 12.6. The van der Waals surface area contributed by atoms with E-state index in [-0.39, 0.29) is 12.4 Å². The lowest BCUT2D eigenvalue weighted by molar-refractivity contribution is 0.0921. The average molecular weight is 479 g/mol. The van der Waals surface area contributed by atoms with E-state index in [1.165, 1.54) is 0 Å². The predicted molar refractivity (Wildman–Crippen MR) is 104 cm³/mol. The average Bonchev–Trinajstić information content (AvgIpc) is 2.67. The zero-order valence-corrected chi connectivity index (χ0v) is 16.7. The van der Waals surface area contributed by atoms with Crippen LogP contribution < -0.4 is 14.2 Å². The van der Waals surface area contributed by atoms with Crippen molar-refractivity contribution in [2.75, 3.05) is 19.8 Å². The third-order valence-electron chi connectivity index (χ3n) is 3.96. The highest BCUT2D eigenvalue weighted by Crippen LogP contribution is 2.37. The van der Waals surface area contributed by atoms with Gasteiger partial charge in [0.05, 0.1) is 4.47 Å². The van der Waals surface area contributed by atoms with Gasteiger partial charge >= 0.3 is 0 Å². The van der Waals surface area contributed by atoms with E-state index in [0.29, 0.717) is 41.5 Å². The summed E-state index contributed by atoms with van der Waals surface area (Å²) in [5, 5.41) is 0.914. The smallest absolute Gasteiger partial charge is 0.200 e. The topological polar surface area (TPSA) is 57.7 Å². The molecule has 0 bridgehead atoms. The molecule has 0 aliphatic carbocycles. The van der Waals surface area contributed by atoms with Gasteiger partial charge in [0.15, 0.2) is 29.6 Å². The van der Waals surface area contributed by atoms with Crippen LogP contribution >= 0.6 is 31.9 Å². The molecule has 3 aromatic rings. The zero-order valence-electron chi connectivity index (χ0n) is 13.5. The number of Topliss-reactive ketones (excluding diaryl/α,β-unsaturated/α-hetero) is 1. The number of aromatic nitrogens is 1. The van der Waals surface area contributed by atoms with Crippen molar-refractivity contribution in [1.82, 2.24) is 4.98 Å². The van der Waals surface area contributed by atoms with Gasteiger partial charge in [0, 0.05) is 21.6 Å². The molecule has 0 amide bonds. The summed E-state index contributed by atoms with van der Waals surface area (Å²) >= 11 is 7.00. The van der Waals surface area contributed by atoms with Crippen LogP contribution in [0.4, 0.5) is 0 Å². The monoisotopic (exact) mass is 477 g/mol. The minimum absolute atomic E-state index is 0.106. The van der Waals surface area contributed by atoms with E-state index in [1.54, 1.807) is 24.4 Å². The molecule has 0 saturated carbocycles. The van der Waals surface area contributed by atoms with E-state index in [1.807, 2.05) is 18.2 Å². The van der Waals surface area contributed by atoms with Crippen LogP contribution in [0.3, 0.4) is 0 Å². The van der Waals surface area contributed by atoms with Crippen LogP contribution in [-0.4, -0.2) is 30.6 Å². The number of nitrogens with zero attached hydrogens (tertiary/aromatic N) is 1. The fraction of sp³-hybridized carbons (Fsp3) is 0.158. The Morgan fingerprint density at radius 2 is 1.88 bits per heavy atom. The first-order chi connectivity index (χ1) is 12.6. The highest BCUT2D eigenvalue weighted by atomic mass is 79.9. The molecule has 1 aliphatic heterocycles.